The van der Waals surface area contributed by atoms with Crippen LogP contribution in [0.4, 0.5) is 0 Å². The molecule has 1 fully saturated rings. The van der Waals surface area contributed by atoms with Crippen LogP contribution in [0, 0.1) is 0 Å². The number of rotatable bonds is 1. The van der Waals surface area contributed by atoms with Crippen molar-refractivity contribution in [3.05, 3.63) is 0 Å². The second kappa shape index (κ2) is 4.50. The minimum Gasteiger partial charge on any atom is -0.0739 e. The third kappa shape index (κ3) is 2.31. The highest BCUT2D eigenvalue weighted by Gasteiger charge is 2.67. The molecule has 7 heteroatoms. The molecule has 18 heavy (non-hydrogen) atoms. The molecule has 0 N–H and O–H groups in total. The van der Waals surface area contributed by atoms with Gasteiger partial charge in [0, 0.05) is 51.9 Å². The van der Waals surface area contributed by atoms with Crippen LogP contribution in [0.25, 0.3) is 0 Å². The average molecular weight is 362 g/mol. The van der Waals surface area contributed by atoms with Crippen molar-refractivity contribution >= 4 is 51.9 Å². The topological polar surface area (TPSA) is 0 Å². The lowest BCUT2D eigenvalue weighted by atomic mass is 11.8. The van der Waals surface area contributed by atoms with Gasteiger partial charge in [0.05, 0.1) is 0 Å². The van der Waals surface area contributed by atoms with Crippen molar-refractivity contribution in [2.24, 2.45) is 0 Å². The maximum absolute atomic E-state index is 2.84. The van der Waals surface area contributed by atoms with E-state index in [1.165, 1.54) is 8.55 Å². The maximum Gasteiger partial charge on any atom is 0.0301 e. The summed E-state index contributed by atoms with van der Waals surface area (Å²) in [7, 11) is -2.92. The molecule has 0 aromatic carbocycles. The van der Waals surface area contributed by atoms with Crippen molar-refractivity contribution < 1.29 is 0 Å². The van der Waals surface area contributed by atoms with Gasteiger partial charge in [-0.25, -0.2) is 0 Å². The molecule has 1 heterocycles. The van der Waals surface area contributed by atoms with Crippen LogP contribution in [-0.4, -0.2) is 51.9 Å². The molecule has 1 rings (SSSR count). The molecule has 3 radical (unpaired) electrons. The molecule has 0 atom stereocenters. The third-order valence-corrected chi connectivity index (χ3v) is 148. The van der Waals surface area contributed by atoms with Gasteiger partial charge in [0.25, 0.3) is 0 Å². The first-order valence-corrected chi connectivity index (χ1v) is 32.2. The fourth-order valence-corrected chi connectivity index (χ4v) is 240. The van der Waals surface area contributed by atoms with Crippen molar-refractivity contribution in [1.29, 1.82) is 0 Å². The van der Waals surface area contributed by atoms with Gasteiger partial charge in [-0.15, -0.1) is 0 Å². The molecule has 0 aromatic heterocycles. The van der Waals surface area contributed by atoms with Crippen LogP contribution in [0.5, 0.6) is 0 Å². The summed E-state index contributed by atoms with van der Waals surface area (Å²) in [5.74, 6) is 0. The highest BCUT2D eigenvalue weighted by atomic mass is 30.3. The standard InChI is InChI=1S/C11H33Si7/c1-14(2,3)13-12-15(4,5)17(8,9)18(10,11)16(13,6)7/h1-11H3. The van der Waals surface area contributed by atoms with E-state index in [0.29, 0.717) is 0 Å². The van der Waals surface area contributed by atoms with Gasteiger partial charge in [-0.05, 0) is 0 Å². The van der Waals surface area contributed by atoms with Crippen LogP contribution in [0.15, 0.2) is 0 Å². The van der Waals surface area contributed by atoms with E-state index in [9.17, 15) is 0 Å². The molecule has 1 aliphatic rings. The fourth-order valence-electron chi connectivity index (χ4n) is 3.62. The van der Waals surface area contributed by atoms with E-state index in [-0.39, 0.29) is 7.35 Å². The lowest BCUT2D eigenvalue weighted by Crippen LogP contribution is -2.93. The quantitative estimate of drug-likeness (QED) is 0.624. The van der Waals surface area contributed by atoms with E-state index in [2.05, 4.69) is 72.0 Å². The van der Waals surface area contributed by atoms with Crippen LogP contribution >= 0.6 is 0 Å². The lowest BCUT2D eigenvalue weighted by Gasteiger charge is -2.64. The van der Waals surface area contributed by atoms with Gasteiger partial charge in [-0.3, -0.25) is 0 Å². The summed E-state index contributed by atoms with van der Waals surface area (Å²) < 4.78 is 0. The van der Waals surface area contributed by atoms with Gasteiger partial charge < -0.3 is 0 Å². The Kier molecular flexibility index (Phi) is 4.40. The summed E-state index contributed by atoms with van der Waals surface area (Å²) in [5, 5.41) is 0. The molecule has 0 unspecified atom stereocenters. The summed E-state index contributed by atoms with van der Waals surface area (Å²) in [6.45, 7) is 30.7. The van der Waals surface area contributed by atoms with Gasteiger partial charge in [0.1, 0.15) is 0 Å². The summed E-state index contributed by atoms with van der Waals surface area (Å²) >= 11 is 0. The molecule has 105 valence electrons. The van der Waals surface area contributed by atoms with Gasteiger partial charge in [-0.2, -0.15) is 0 Å². The Morgan fingerprint density at radius 3 is 1.44 bits per heavy atom. The Labute approximate surface area is 123 Å². The van der Waals surface area contributed by atoms with Crippen molar-refractivity contribution in [3.8, 4) is 0 Å². The molecule has 0 bridgehead atoms. The SMILES string of the molecule is C[Si](C)(C)[Si]1[Si][Si](C)(C)[Si](C)(C)[Si](C)(C)[Si]1(C)C. The van der Waals surface area contributed by atoms with Crippen LogP contribution in [0.3, 0.4) is 0 Å². The molecule has 0 aromatic rings. The first kappa shape index (κ1) is 17.6. The Bertz CT molecular complexity index is 338. The zero-order valence-electron chi connectivity index (χ0n) is 14.5. The predicted molar refractivity (Wildman–Crippen MR) is 105 cm³/mol. The van der Waals surface area contributed by atoms with Crippen LogP contribution in [0.1, 0.15) is 0 Å². The monoisotopic (exact) mass is 361 g/mol. The van der Waals surface area contributed by atoms with E-state index >= 15 is 0 Å². The van der Waals surface area contributed by atoms with Gasteiger partial charge >= 0.3 is 0 Å². The Morgan fingerprint density at radius 1 is 0.722 bits per heavy atom. The predicted octanol–water partition coefficient (Wildman–Crippen LogP) is 3.76. The van der Waals surface area contributed by atoms with Crippen molar-refractivity contribution in [2.45, 2.75) is 72.0 Å². The smallest absolute Gasteiger partial charge is 0.0301 e. The molecule has 0 saturated carbocycles. The summed E-state index contributed by atoms with van der Waals surface area (Å²) in [6, 6.07) is 0. The van der Waals surface area contributed by atoms with E-state index in [4.69, 9.17) is 0 Å². The number of hydrogen-bond acceptors (Lipinski definition) is 0. The molecular formula is C11H33Si7. The zero-order valence-corrected chi connectivity index (χ0v) is 21.5. The first-order valence-electron chi connectivity index (χ1n) is 7.25. The molecule has 0 aliphatic carbocycles. The Morgan fingerprint density at radius 2 is 1.11 bits per heavy atom. The lowest BCUT2D eigenvalue weighted by molar-refractivity contribution is 1.78. The first-order chi connectivity index (χ1) is 7.59. The summed E-state index contributed by atoms with van der Waals surface area (Å²) in [5.41, 5.74) is 0. The molecule has 0 amide bonds. The second-order valence-electron chi connectivity index (χ2n) is 9.25. The van der Waals surface area contributed by atoms with Crippen molar-refractivity contribution in [2.75, 3.05) is 0 Å². The Hall–Kier alpha value is 1.52. The minimum atomic E-state index is -0.928. The zero-order chi connectivity index (χ0) is 14.8. The van der Waals surface area contributed by atoms with Crippen LogP contribution in [-0.2, 0) is 0 Å². The van der Waals surface area contributed by atoms with Crippen molar-refractivity contribution in [3.63, 3.8) is 0 Å². The summed E-state index contributed by atoms with van der Waals surface area (Å²) in [4.78, 5) is 0. The molecule has 0 spiro atoms. The van der Waals surface area contributed by atoms with E-state index in [1.807, 2.05) is 0 Å². The van der Waals surface area contributed by atoms with Crippen LogP contribution < -0.4 is 0 Å². The van der Waals surface area contributed by atoms with Gasteiger partial charge in [0.15, 0.2) is 0 Å². The summed E-state index contributed by atoms with van der Waals surface area (Å²) in [6.07, 6.45) is 0. The number of hydrogen-bond donors (Lipinski definition) is 0. The molecule has 1 aliphatic heterocycles. The van der Waals surface area contributed by atoms with Crippen LogP contribution in [0.2, 0.25) is 72.0 Å². The Balaban J connectivity index is 3.42. The van der Waals surface area contributed by atoms with Gasteiger partial charge in [-0.1, -0.05) is 72.0 Å². The highest BCUT2D eigenvalue weighted by Crippen LogP contribution is 2.41. The van der Waals surface area contributed by atoms with E-state index < -0.39 is 36.0 Å². The molecule has 1 saturated heterocycles. The minimum absolute atomic E-state index is 0.0407. The highest BCUT2D eigenvalue weighted by molar-refractivity contribution is 8.11. The molecule has 0 nitrogen and oxygen atoms in total. The molecular weight excluding hydrogens is 329 g/mol. The van der Waals surface area contributed by atoms with E-state index in [0.717, 1.165) is 0 Å². The largest absolute Gasteiger partial charge is 0.0739 e. The average Bonchev–Trinajstić information content (AvgIpc) is 2.09. The normalized spacial score (nSPS) is 30.2. The fraction of sp³-hybridized carbons (Fsp3) is 1.00. The third-order valence-electron chi connectivity index (χ3n) is 6.50. The van der Waals surface area contributed by atoms with Crippen molar-refractivity contribution in [1.82, 2.24) is 0 Å². The van der Waals surface area contributed by atoms with Gasteiger partial charge in [0.2, 0.25) is 0 Å². The maximum atomic E-state index is 2.84. The second-order valence-corrected chi connectivity index (χ2v) is 80.2. The van der Waals surface area contributed by atoms with E-state index in [1.54, 1.807) is 0 Å².